The molecule has 12 heavy (non-hydrogen) atoms. The van der Waals surface area contributed by atoms with E-state index in [-0.39, 0.29) is 6.54 Å². The van der Waals surface area contributed by atoms with Gasteiger partial charge in [-0.2, -0.15) is 0 Å². The van der Waals surface area contributed by atoms with Crippen LogP contribution in [0, 0.1) is 0 Å². The number of hydrogen-bond donors (Lipinski definition) is 1. The van der Waals surface area contributed by atoms with Crippen LogP contribution in [0.1, 0.15) is 0 Å². The van der Waals surface area contributed by atoms with Crippen LogP contribution in [0.25, 0.3) is 0 Å². The number of halogens is 2. The molecule has 0 rings (SSSR count). The van der Waals surface area contributed by atoms with E-state index in [2.05, 4.69) is 5.32 Å². The van der Waals surface area contributed by atoms with Crippen molar-refractivity contribution in [3.8, 4) is 0 Å². The van der Waals surface area contributed by atoms with Crippen molar-refractivity contribution in [3.63, 3.8) is 0 Å². The maximum atomic E-state index is 10.8. The van der Waals surface area contributed by atoms with Crippen LogP contribution in [-0.4, -0.2) is 37.8 Å². The van der Waals surface area contributed by atoms with E-state index >= 15 is 0 Å². The molecule has 0 aliphatic heterocycles. The van der Waals surface area contributed by atoms with Gasteiger partial charge in [0.1, 0.15) is 0 Å². The number of methoxy groups -OCH3 is 2. The third-order valence-electron chi connectivity index (χ3n) is 1.17. The molecule has 0 aliphatic carbocycles. The number of rotatable bonds is 5. The van der Waals surface area contributed by atoms with Gasteiger partial charge in [-0.05, 0) is 0 Å². The summed E-state index contributed by atoms with van der Waals surface area (Å²) in [6.07, 6.45) is -0.471. The Morgan fingerprint density at radius 3 is 2.25 bits per heavy atom. The van der Waals surface area contributed by atoms with Crippen molar-refractivity contribution >= 4 is 29.1 Å². The second-order valence-electron chi connectivity index (χ2n) is 1.95. The molecule has 1 amide bonds. The highest BCUT2D eigenvalue weighted by Gasteiger charge is 2.13. The monoisotopic (exact) mass is 215 g/mol. The fourth-order valence-electron chi connectivity index (χ4n) is 0.524. The van der Waals surface area contributed by atoms with Gasteiger partial charge in [-0.25, -0.2) is 0 Å². The highest BCUT2D eigenvalue weighted by Crippen LogP contribution is 2.00. The minimum absolute atomic E-state index is 0.224. The van der Waals surface area contributed by atoms with E-state index in [9.17, 15) is 4.79 Å². The third kappa shape index (κ3) is 4.77. The zero-order valence-corrected chi connectivity index (χ0v) is 8.35. The van der Waals surface area contributed by atoms with Crippen LogP contribution >= 0.6 is 23.2 Å². The number of carbonyl (C=O) groups excluding carboxylic acids is 1. The summed E-state index contributed by atoms with van der Waals surface area (Å²) in [5.41, 5.74) is 0. The molecule has 0 aliphatic rings. The molecule has 0 spiro atoms. The van der Waals surface area contributed by atoms with Crippen molar-refractivity contribution in [1.82, 2.24) is 5.32 Å². The number of amides is 1. The lowest BCUT2D eigenvalue weighted by Crippen LogP contribution is -2.36. The summed E-state index contributed by atoms with van der Waals surface area (Å²) >= 11 is 10.5. The van der Waals surface area contributed by atoms with Gasteiger partial charge in [0.05, 0.1) is 6.54 Å². The normalized spacial score (nSPS) is 10.8. The maximum Gasteiger partial charge on any atom is 0.253 e. The minimum atomic E-state index is -1.06. The Morgan fingerprint density at radius 2 is 1.92 bits per heavy atom. The molecule has 0 saturated heterocycles. The molecule has 0 saturated carbocycles. The topological polar surface area (TPSA) is 47.6 Å². The quantitative estimate of drug-likeness (QED) is 0.538. The third-order valence-corrected chi connectivity index (χ3v) is 1.56. The van der Waals surface area contributed by atoms with Crippen LogP contribution in [0.4, 0.5) is 0 Å². The Bertz CT molecular complexity index is 139. The Balaban J connectivity index is 3.59. The fourth-order valence-corrected chi connectivity index (χ4v) is 0.678. The molecule has 72 valence electrons. The molecule has 0 atom stereocenters. The van der Waals surface area contributed by atoms with Gasteiger partial charge in [-0.15, -0.1) is 0 Å². The van der Waals surface area contributed by atoms with Crippen molar-refractivity contribution in [3.05, 3.63) is 0 Å². The van der Waals surface area contributed by atoms with Crippen LogP contribution in [0.15, 0.2) is 0 Å². The van der Waals surface area contributed by atoms with Gasteiger partial charge in [0, 0.05) is 14.2 Å². The molecular weight excluding hydrogens is 205 g/mol. The van der Waals surface area contributed by atoms with Gasteiger partial charge in [-0.1, -0.05) is 23.2 Å². The summed E-state index contributed by atoms with van der Waals surface area (Å²) < 4.78 is 9.61. The first-order chi connectivity index (χ1) is 5.61. The number of carbonyl (C=O) groups is 1. The predicted molar refractivity (Wildman–Crippen MR) is 46.3 cm³/mol. The van der Waals surface area contributed by atoms with Crippen molar-refractivity contribution < 1.29 is 14.3 Å². The molecule has 0 aromatic heterocycles. The van der Waals surface area contributed by atoms with Crippen LogP contribution in [0.2, 0.25) is 0 Å². The summed E-state index contributed by atoms with van der Waals surface area (Å²) in [4.78, 5) is 9.74. The first-order valence-corrected chi connectivity index (χ1v) is 4.10. The second kappa shape index (κ2) is 6.48. The van der Waals surface area contributed by atoms with Crippen molar-refractivity contribution in [2.24, 2.45) is 0 Å². The van der Waals surface area contributed by atoms with E-state index in [4.69, 9.17) is 32.7 Å². The SMILES string of the molecule is COC(CNC(=O)C(Cl)Cl)OC. The Labute approximate surface area is 81.1 Å². The molecule has 0 heterocycles. The average molecular weight is 216 g/mol. The Hall–Kier alpha value is -0.0300. The van der Waals surface area contributed by atoms with E-state index in [0.717, 1.165) is 0 Å². The summed E-state index contributed by atoms with van der Waals surface area (Å²) in [5.74, 6) is -0.461. The average Bonchev–Trinajstić information content (AvgIpc) is 2.05. The molecule has 1 N–H and O–H groups in total. The van der Waals surface area contributed by atoms with Gasteiger partial charge in [0.15, 0.2) is 11.1 Å². The molecule has 0 unspecified atom stereocenters. The van der Waals surface area contributed by atoms with Crippen LogP contribution in [0.5, 0.6) is 0 Å². The molecule has 0 aromatic carbocycles. The zero-order valence-electron chi connectivity index (χ0n) is 6.84. The fraction of sp³-hybridized carbons (Fsp3) is 0.833. The molecule has 4 nitrogen and oxygen atoms in total. The van der Waals surface area contributed by atoms with E-state index in [1.807, 2.05) is 0 Å². The first-order valence-electron chi connectivity index (χ1n) is 3.23. The molecule has 0 radical (unpaired) electrons. The Morgan fingerprint density at radius 1 is 1.42 bits per heavy atom. The maximum absolute atomic E-state index is 10.8. The van der Waals surface area contributed by atoms with Crippen molar-refractivity contribution in [1.29, 1.82) is 0 Å². The minimum Gasteiger partial charge on any atom is -0.354 e. The van der Waals surface area contributed by atoms with Gasteiger partial charge in [0.25, 0.3) is 5.91 Å². The van der Waals surface area contributed by atoms with Gasteiger partial charge in [-0.3, -0.25) is 4.79 Å². The number of hydrogen-bond acceptors (Lipinski definition) is 3. The second-order valence-corrected chi connectivity index (χ2v) is 3.04. The van der Waals surface area contributed by atoms with Gasteiger partial charge < -0.3 is 14.8 Å². The summed E-state index contributed by atoms with van der Waals surface area (Å²) in [6, 6.07) is 0. The molecule has 0 fully saturated rings. The Kier molecular flexibility index (Phi) is 6.47. The van der Waals surface area contributed by atoms with Crippen molar-refractivity contribution in [2.45, 2.75) is 11.1 Å². The van der Waals surface area contributed by atoms with E-state index in [1.54, 1.807) is 0 Å². The van der Waals surface area contributed by atoms with E-state index in [0.29, 0.717) is 0 Å². The summed E-state index contributed by atoms with van der Waals surface area (Å²) in [7, 11) is 2.94. The van der Waals surface area contributed by atoms with E-state index in [1.165, 1.54) is 14.2 Å². The molecule has 6 heteroatoms. The summed E-state index contributed by atoms with van der Waals surface area (Å²) in [5, 5.41) is 2.43. The van der Waals surface area contributed by atoms with Gasteiger partial charge >= 0.3 is 0 Å². The zero-order chi connectivity index (χ0) is 9.56. The molecule has 0 bridgehead atoms. The van der Waals surface area contributed by atoms with Crippen LogP contribution in [-0.2, 0) is 14.3 Å². The molecular formula is C6H11Cl2NO3. The standard InChI is InChI=1S/C6H11Cl2NO3/c1-11-4(12-2)3-9-6(10)5(7)8/h4-5H,3H2,1-2H3,(H,9,10). The van der Waals surface area contributed by atoms with Crippen molar-refractivity contribution in [2.75, 3.05) is 20.8 Å². The largest absolute Gasteiger partial charge is 0.354 e. The predicted octanol–water partition coefficient (Wildman–Crippen LogP) is 0.525. The number of alkyl halides is 2. The lowest BCUT2D eigenvalue weighted by atomic mass is 10.5. The highest BCUT2D eigenvalue weighted by atomic mass is 35.5. The summed E-state index contributed by atoms with van der Waals surface area (Å²) in [6.45, 7) is 0.224. The van der Waals surface area contributed by atoms with Gasteiger partial charge in [0.2, 0.25) is 0 Å². The number of nitrogens with one attached hydrogen (secondary N) is 1. The first kappa shape index (κ1) is 12.0. The highest BCUT2D eigenvalue weighted by molar-refractivity contribution is 6.53. The smallest absolute Gasteiger partial charge is 0.253 e. The van der Waals surface area contributed by atoms with E-state index < -0.39 is 17.0 Å². The molecule has 0 aromatic rings. The number of ether oxygens (including phenoxy) is 2. The lowest BCUT2D eigenvalue weighted by molar-refractivity contribution is -0.125. The lowest BCUT2D eigenvalue weighted by Gasteiger charge is -2.13. The van der Waals surface area contributed by atoms with Crippen LogP contribution in [0.3, 0.4) is 0 Å². The van der Waals surface area contributed by atoms with Crippen LogP contribution < -0.4 is 5.32 Å².